The van der Waals surface area contributed by atoms with Gasteiger partial charge in [0.1, 0.15) is 12.4 Å². The lowest BCUT2D eigenvalue weighted by Crippen LogP contribution is -2.23. The normalized spacial score (nSPS) is 10.7. The number of aromatic nitrogens is 4. The number of aryl methyl sites for hydroxylation is 1. The molecule has 0 unspecified atom stereocenters. The van der Waals surface area contributed by atoms with E-state index in [1.54, 1.807) is 28.9 Å². The number of rotatable bonds is 7. The highest BCUT2D eigenvalue weighted by Crippen LogP contribution is 2.11. The van der Waals surface area contributed by atoms with Gasteiger partial charge in [0.15, 0.2) is 0 Å². The Morgan fingerprint density at radius 2 is 2.00 bits per heavy atom. The second-order valence-corrected chi connectivity index (χ2v) is 5.70. The molecule has 3 aromatic rings. The van der Waals surface area contributed by atoms with E-state index in [1.807, 2.05) is 19.2 Å². The average Bonchev–Trinajstić information content (AvgIpc) is 3.29. The molecule has 2 heterocycles. The summed E-state index contributed by atoms with van der Waals surface area (Å²) in [6.45, 7) is 3.54. The van der Waals surface area contributed by atoms with E-state index in [-0.39, 0.29) is 11.6 Å². The molecule has 0 saturated heterocycles. The third-order valence-electron chi connectivity index (χ3n) is 3.84. The van der Waals surface area contributed by atoms with E-state index in [9.17, 15) is 14.9 Å². The zero-order valence-corrected chi connectivity index (χ0v) is 14.2. The lowest BCUT2D eigenvalue weighted by Gasteiger charge is -2.05. The highest BCUT2D eigenvalue weighted by molar-refractivity contribution is 5.94. The highest BCUT2D eigenvalue weighted by Gasteiger charge is 2.10. The number of hydrogen-bond donors (Lipinski definition) is 1. The summed E-state index contributed by atoms with van der Waals surface area (Å²) in [5, 5.41) is 21.8. The van der Waals surface area contributed by atoms with Crippen LogP contribution in [0.25, 0.3) is 0 Å². The zero-order valence-electron chi connectivity index (χ0n) is 14.2. The Morgan fingerprint density at radius 1 is 1.23 bits per heavy atom. The lowest BCUT2D eigenvalue weighted by atomic mass is 10.1. The van der Waals surface area contributed by atoms with E-state index in [0.717, 1.165) is 17.8 Å². The second kappa shape index (κ2) is 7.60. The smallest absolute Gasteiger partial charge is 0.307 e. The van der Waals surface area contributed by atoms with Crippen LogP contribution >= 0.6 is 0 Å². The van der Waals surface area contributed by atoms with Crippen LogP contribution in [0.4, 0.5) is 5.69 Å². The van der Waals surface area contributed by atoms with Gasteiger partial charge >= 0.3 is 5.69 Å². The molecule has 0 spiro atoms. The molecule has 0 aliphatic carbocycles. The predicted molar refractivity (Wildman–Crippen MR) is 93.5 cm³/mol. The predicted octanol–water partition coefficient (Wildman–Crippen LogP) is 1.99. The Kier molecular flexibility index (Phi) is 5.07. The van der Waals surface area contributed by atoms with Crippen LogP contribution in [0.1, 0.15) is 28.5 Å². The first-order chi connectivity index (χ1) is 12.5. The van der Waals surface area contributed by atoms with Gasteiger partial charge in [0.25, 0.3) is 5.91 Å². The summed E-state index contributed by atoms with van der Waals surface area (Å²) >= 11 is 0. The molecule has 9 heteroatoms. The van der Waals surface area contributed by atoms with Crippen LogP contribution in [-0.2, 0) is 19.6 Å². The fourth-order valence-corrected chi connectivity index (χ4v) is 2.43. The number of hydrogen-bond acceptors (Lipinski definition) is 5. The van der Waals surface area contributed by atoms with Crippen LogP contribution in [0.15, 0.2) is 48.9 Å². The van der Waals surface area contributed by atoms with Crippen molar-refractivity contribution in [1.82, 2.24) is 24.9 Å². The van der Waals surface area contributed by atoms with E-state index < -0.39 is 4.92 Å². The van der Waals surface area contributed by atoms with Gasteiger partial charge in [0, 0.05) is 18.3 Å². The minimum absolute atomic E-state index is 0.0495. The first-order valence-electron chi connectivity index (χ1n) is 8.11. The topological polar surface area (TPSA) is 108 Å². The molecule has 3 rings (SSSR count). The van der Waals surface area contributed by atoms with E-state index in [1.165, 1.54) is 17.1 Å². The first-order valence-corrected chi connectivity index (χ1v) is 8.11. The molecule has 1 aromatic carbocycles. The third kappa shape index (κ3) is 4.12. The van der Waals surface area contributed by atoms with Crippen molar-refractivity contribution in [3.05, 3.63) is 75.9 Å². The molecule has 26 heavy (non-hydrogen) atoms. The van der Waals surface area contributed by atoms with Crippen molar-refractivity contribution in [2.45, 2.75) is 26.6 Å². The van der Waals surface area contributed by atoms with Gasteiger partial charge in [-0.25, -0.2) is 0 Å². The summed E-state index contributed by atoms with van der Waals surface area (Å²) in [6.07, 6.45) is 4.45. The van der Waals surface area contributed by atoms with E-state index >= 15 is 0 Å². The Labute approximate surface area is 149 Å². The van der Waals surface area contributed by atoms with Crippen LogP contribution in [0, 0.1) is 10.1 Å². The summed E-state index contributed by atoms with van der Waals surface area (Å²) in [7, 11) is 0. The lowest BCUT2D eigenvalue weighted by molar-refractivity contribution is -0.385. The molecule has 0 aliphatic rings. The maximum absolute atomic E-state index is 12.2. The maximum Gasteiger partial charge on any atom is 0.307 e. The quantitative estimate of drug-likeness (QED) is 0.515. The van der Waals surface area contributed by atoms with Crippen LogP contribution in [0.3, 0.4) is 0 Å². The number of carbonyl (C=O) groups is 1. The number of nitrogens with zero attached hydrogens (tertiary/aromatic N) is 5. The van der Waals surface area contributed by atoms with Gasteiger partial charge in [-0.3, -0.25) is 24.3 Å². The molecule has 2 aromatic heterocycles. The van der Waals surface area contributed by atoms with Crippen molar-refractivity contribution >= 4 is 11.6 Å². The van der Waals surface area contributed by atoms with Crippen molar-refractivity contribution in [2.75, 3.05) is 0 Å². The van der Waals surface area contributed by atoms with Gasteiger partial charge in [0.05, 0.1) is 23.7 Å². The standard InChI is InChI=1S/C17H18N6O3/c1-2-21-8-7-15(20-21)9-18-17(24)14-5-3-13(4-6-14)11-22-12-16(10-19-22)23(25)26/h3-8,10,12H,2,9,11H2,1H3,(H,18,24). The summed E-state index contributed by atoms with van der Waals surface area (Å²) in [6, 6.07) is 8.90. The molecule has 1 N–H and O–H groups in total. The Hall–Kier alpha value is -3.49. The fraction of sp³-hybridized carbons (Fsp3) is 0.235. The van der Waals surface area contributed by atoms with E-state index in [2.05, 4.69) is 15.5 Å². The van der Waals surface area contributed by atoms with Crippen LogP contribution < -0.4 is 5.32 Å². The molecular formula is C17H18N6O3. The molecule has 0 aliphatic heterocycles. The molecule has 0 saturated carbocycles. The number of nitro groups is 1. The molecule has 9 nitrogen and oxygen atoms in total. The molecule has 0 radical (unpaired) electrons. The van der Waals surface area contributed by atoms with Gasteiger partial charge < -0.3 is 5.32 Å². The number of nitrogens with one attached hydrogen (secondary N) is 1. The van der Waals surface area contributed by atoms with Crippen molar-refractivity contribution in [2.24, 2.45) is 0 Å². The van der Waals surface area contributed by atoms with Crippen LogP contribution in [0.5, 0.6) is 0 Å². The van der Waals surface area contributed by atoms with Crippen molar-refractivity contribution < 1.29 is 9.72 Å². The van der Waals surface area contributed by atoms with Crippen LogP contribution in [-0.4, -0.2) is 30.4 Å². The average molecular weight is 354 g/mol. The van der Waals surface area contributed by atoms with Crippen molar-refractivity contribution in [3.63, 3.8) is 0 Å². The summed E-state index contributed by atoms with van der Waals surface area (Å²) < 4.78 is 3.28. The molecule has 134 valence electrons. The SMILES string of the molecule is CCn1ccc(CNC(=O)c2ccc(Cn3cc([N+](=O)[O-])cn3)cc2)n1. The van der Waals surface area contributed by atoms with Crippen molar-refractivity contribution in [3.8, 4) is 0 Å². The van der Waals surface area contributed by atoms with Gasteiger partial charge in [-0.05, 0) is 30.7 Å². The minimum atomic E-state index is -0.486. The van der Waals surface area contributed by atoms with Gasteiger partial charge in [-0.1, -0.05) is 12.1 Å². The van der Waals surface area contributed by atoms with Gasteiger partial charge in [-0.15, -0.1) is 0 Å². The molecule has 0 fully saturated rings. The minimum Gasteiger partial charge on any atom is -0.346 e. The second-order valence-electron chi connectivity index (χ2n) is 5.70. The zero-order chi connectivity index (χ0) is 18.5. The first kappa shape index (κ1) is 17.3. The molecule has 1 amide bonds. The van der Waals surface area contributed by atoms with E-state index in [4.69, 9.17) is 0 Å². The number of benzene rings is 1. The summed E-state index contributed by atoms with van der Waals surface area (Å²) in [5.74, 6) is -0.183. The monoisotopic (exact) mass is 354 g/mol. The maximum atomic E-state index is 12.2. The Balaban J connectivity index is 1.57. The molecule has 0 atom stereocenters. The summed E-state index contributed by atoms with van der Waals surface area (Å²) in [5.41, 5.74) is 2.18. The summed E-state index contributed by atoms with van der Waals surface area (Å²) in [4.78, 5) is 22.4. The highest BCUT2D eigenvalue weighted by atomic mass is 16.6. The third-order valence-corrected chi connectivity index (χ3v) is 3.84. The van der Waals surface area contributed by atoms with Gasteiger partial charge in [0.2, 0.25) is 0 Å². The molecule has 0 bridgehead atoms. The number of carbonyl (C=O) groups excluding carboxylic acids is 1. The molecular weight excluding hydrogens is 336 g/mol. The largest absolute Gasteiger partial charge is 0.346 e. The van der Waals surface area contributed by atoms with Crippen LogP contribution in [0.2, 0.25) is 0 Å². The number of amides is 1. The van der Waals surface area contributed by atoms with Crippen molar-refractivity contribution in [1.29, 1.82) is 0 Å². The van der Waals surface area contributed by atoms with Gasteiger partial charge in [-0.2, -0.15) is 10.2 Å². The van der Waals surface area contributed by atoms with E-state index in [0.29, 0.717) is 18.7 Å². The fourth-order valence-electron chi connectivity index (χ4n) is 2.43. The Morgan fingerprint density at radius 3 is 2.62 bits per heavy atom. The Bertz CT molecular complexity index is 913.